The van der Waals surface area contributed by atoms with Crippen LogP contribution < -0.4 is 10.2 Å². The smallest absolute Gasteiger partial charge is 0.296 e. The van der Waals surface area contributed by atoms with Crippen LogP contribution >= 0.6 is 0 Å². The van der Waals surface area contributed by atoms with Crippen molar-refractivity contribution in [2.24, 2.45) is 0 Å². The van der Waals surface area contributed by atoms with E-state index in [-0.39, 0.29) is 11.9 Å². The molecule has 0 radical (unpaired) electrons. The van der Waals surface area contributed by atoms with Gasteiger partial charge in [0.05, 0.1) is 36.5 Å². The fraction of sp³-hybridized carbons (Fsp3) is 0.286. The number of ether oxygens (including phenoxy) is 1. The second kappa shape index (κ2) is 8.79. The molecule has 5 rings (SSSR count). The van der Waals surface area contributed by atoms with Gasteiger partial charge in [-0.2, -0.15) is 15.0 Å². The number of alkyl halides is 2. The molecular weight excluding hydrogens is 418 g/mol. The molecule has 4 aromatic rings. The van der Waals surface area contributed by atoms with E-state index >= 15 is 0 Å². The summed E-state index contributed by atoms with van der Waals surface area (Å²) >= 11 is 0. The summed E-state index contributed by atoms with van der Waals surface area (Å²) in [5.74, 6) is 0.315. The van der Waals surface area contributed by atoms with Crippen LogP contribution in [0.5, 0.6) is 0 Å². The number of nitrogens with zero attached hydrogens (tertiary/aromatic N) is 7. The molecule has 1 fully saturated rings. The lowest BCUT2D eigenvalue weighted by Crippen LogP contribution is -2.37. The highest BCUT2D eigenvalue weighted by Gasteiger charge is 2.24. The van der Waals surface area contributed by atoms with Crippen molar-refractivity contribution < 1.29 is 13.5 Å². The second-order valence-electron chi connectivity index (χ2n) is 7.13. The number of morpholine rings is 1. The van der Waals surface area contributed by atoms with E-state index in [0.717, 1.165) is 5.69 Å². The molecule has 0 bridgehead atoms. The van der Waals surface area contributed by atoms with Crippen molar-refractivity contribution in [2.45, 2.75) is 13.0 Å². The van der Waals surface area contributed by atoms with Gasteiger partial charge in [0.2, 0.25) is 17.8 Å². The largest absolute Gasteiger partial charge is 0.378 e. The first-order valence-electron chi connectivity index (χ1n) is 10.2. The summed E-state index contributed by atoms with van der Waals surface area (Å²) in [6.07, 6.45) is -1.10. The normalized spacial score (nSPS) is 14.3. The van der Waals surface area contributed by atoms with Crippen molar-refractivity contribution >= 4 is 22.9 Å². The van der Waals surface area contributed by atoms with Crippen molar-refractivity contribution in [2.75, 3.05) is 36.5 Å². The van der Waals surface area contributed by atoms with E-state index in [4.69, 9.17) is 4.74 Å². The molecule has 4 heterocycles. The van der Waals surface area contributed by atoms with Crippen LogP contribution in [-0.2, 0) is 11.3 Å². The lowest BCUT2D eigenvalue weighted by molar-refractivity contribution is 0.122. The highest BCUT2D eigenvalue weighted by molar-refractivity contribution is 5.77. The van der Waals surface area contributed by atoms with Gasteiger partial charge in [0.15, 0.2) is 5.82 Å². The van der Waals surface area contributed by atoms with Crippen LogP contribution in [0.25, 0.3) is 17.0 Å². The first-order chi connectivity index (χ1) is 15.7. The molecule has 32 heavy (non-hydrogen) atoms. The average molecular weight is 438 g/mol. The summed E-state index contributed by atoms with van der Waals surface area (Å²) in [4.78, 5) is 23.8. The lowest BCUT2D eigenvalue weighted by Gasteiger charge is -2.27. The number of para-hydroxylation sites is 2. The Bertz CT molecular complexity index is 1210. The van der Waals surface area contributed by atoms with Crippen LogP contribution in [0, 0.1) is 0 Å². The fourth-order valence-electron chi connectivity index (χ4n) is 3.51. The molecular formula is C21H20F2N8O. The maximum Gasteiger partial charge on any atom is 0.296 e. The van der Waals surface area contributed by atoms with Crippen LogP contribution in [-0.4, -0.2) is 55.8 Å². The number of halogens is 2. The molecule has 0 spiro atoms. The van der Waals surface area contributed by atoms with Crippen molar-refractivity contribution in [3.05, 3.63) is 60.2 Å². The molecule has 11 heteroatoms. The minimum atomic E-state index is -2.80. The highest BCUT2D eigenvalue weighted by atomic mass is 19.3. The zero-order chi connectivity index (χ0) is 21.9. The first kappa shape index (κ1) is 20.2. The van der Waals surface area contributed by atoms with E-state index in [9.17, 15) is 8.78 Å². The van der Waals surface area contributed by atoms with Crippen LogP contribution in [0.2, 0.25) is 0 Å². The van der Waals surface area contributed by atoms with Gasteiger partial charge in [-0.25, -0.2) is 13.8 Å². The van der Waals surface area contributed by atoms with Crippen LogP contribution in [0.1, 0.15) is 17.9 Å². The topological polar surface area (TPSA) is 93.9 Å². The van der Waals surface area contributed by atoms with Gasteiger partial charge in [-0.1, -0.05) is 18.2 Å². The highest BCUT2D eigenvalue weighted by Crippen LogP contribution is 2.27. The number of hydrogen-bond acceptors (Lipinski definition) is 8. The molecule has 1 N–H and O–H groups in total. The first-order valence-corrected chi connectivity index (χ1v) is 10.2. The SMILES string of the molecule is FC(F)c1nc2ccccc2n1-c1nc(NCc2ccccn2)nc(N2CCOCC2)n1. The minimum absolute atomic E-state index is 0.0778. The van der Waals surface area contributed by atoms with E-state index in [1.807, 2.05) is 23.1 Å². The van der Waals surface area contributed by atoms with E-state index in [2.05, 4.69) is 30.2 Å². The van der Waals surface area contributed by atoms with Crippen molar-refractivity contribution in [3.8, 4) is 5.95 Å². The zero-order valence-corrected chi connectivity index (χ0v) is 17.0. The standard InChI is InChI=1S/C21H20F2N8O/c22-17(23)18-26-15-6-1-2-7-16(15)31(18)21-28-19(25-13-14-5-3-4-8-24-14)27-20(29-21)30-9-11-32-12-10-30/h1-8,17H,9-13H2,(H,25,27,28,29). The molecule has 1 aliphatic heterocycles. The number of hydrogen-bond donors (Lipinski definition) is 1. The molecule has 1 aliphatic rings. The van der Waals surface area contributed by atoms with E-state index in [1.165, 1.54) is 4.57 Å². The van der Waals surface area contributed by atoms with Gasteiger partial charge < -0.3 is 15.0 Å². The van der Waals surface area contributed by atoms with Gasteiger partial charge in [-0.3, -0.25) is 9.55 Å². The number of benzene rings is 1. The van der Waals surface area contributed by atoms with Crippen LogP contribution in [0.4, 0.5) is 20.7 Å². The molecule has 3 aromatic heterocycles. The number of imidazole rings is 1. The second-order valence-corrected chi connectivity index (χ2v) is 7.13. The Balaban J connectivity index is 1.60. The number of anilines is 2. The number of fused-ring (bicyclic) bond motifs is 1. The third-order valence-electron chi connectivity index (χ3n) is 5.04. The summed E-state index contributed by atoms with van der Waals surface area (Å²) < 4.78 is 34.4. The third-order valence-corrected chi connectivity index (χ3v) is 5.04. The molecule has 0 atom stereocenters. The Hall–Kier alpha value is -3.73. The number of nitrogens with one attached hydrogen (secondary N) is 1. The molecule has 0 aliphatic carbocycles. The van der Waals surface area contributed by atoms with Gasteiger partial charge in [0, 0.05) is 19.3 Å². The molecule has 1 aromatic carbocycles. The maximum atomic E-state index is 13.9. The molecule has 1 saturated heterocycles. The molecule has 164 valence electrons. The van der Waals surface area contributed by atoms with Gasteiger partial charge in [-0.15, -0.1) is 0 Å². The Kier molecular flexibility index (Phi) is 5.55. The summed E-state index contributed by atoms with van der Waals surface area (Å²) in [6.45, 7) is 2.63. The number of aromatic nitrogens is 6. The van der Waals surface area contributed by atoms with Gasteiger partial charge in [0.25, 0.3) is 6.43 Å². The Morgan fingerprint density at radius 1 is 0.938 bits per heavy atom. The van der Waals surface area contributed by atoms with E-state index < -0.39 is 12.2 Å². The number of pyridine rings is 1. The average Bonchev–Trinajstić information content (AvgIpc) is 3.24. The molecule has 0 unspecified atom stereocenters. The Morgan fingerprint density at radius 2 is 1.72 bits per heavy atom. The lowest BCUT2D eigenvalue weighted by atomic mass is 10.3. The van der Waals surface area contributed by atoms with E-state index in [0.29, 0.717) is 49.8 Å². The predicted molar refractivity (Wildman–Crippen MR) is 114 cm³/mol. The predicted octanol–water partition coefficient (Wildman–Crippen LogP) is 2.99. The summed E-state index contributed by atoms with van der Waals surface area (Å²) in [5, 5.41) is 3.14. The summed E-state index contributed by atoms with van der Waals surface area (Å²) in [7, 11) is 0. The van der Waals surface area contributed by atoms with E-state index in [1.54, 1.807) is 30.5 Å². The zero-order valence-electron chi connectivity index (χ0n) is 17.0. The maximum absolute atomic E-state index is 13.9. The van der Waals surface area contributed by atoms with Gasteiger partial charge in [-0.05, 0) is 24.3 Å². The van der Waals surface area contributed by atoms with Crippen LogP contribution in [0.3, 0.4) is 0 Å². The van der Waals surface area contributed by atoms with Gasteiger partial charge >= 0.3 is 0 Å². The summed E-state index contributed by atoms with van der Waals surface area (Å²) in [5.41, 5.74) is 1.74. The monoisotopic (exact) mass is 438 g/mol. The van der Waals surface area contributed by atoms with Crippen molar-refractivity contribution in [1.29, 1.82) is 0 Å². The quantitative estimate of drug-likeness (QED) is 0.491. The Morgan fingerprint density at radius 3 is 2.50 bits per heavy atom. The Labute approximate surface area is 182 Å². The van der Waals surface area contributed by atoms with Crippen molar-refractivity contribution in [1.82, 2.24) is 29.5 Å². The minimum Gasteiger partial charge on any atom is -0.378 e. The molecule has 0 amide bonds. The number of rotatable bonds is 6. The van der Waals surface area contributed by atoms with Gasteiger partial charge in [0.1, 0.15) is 0 Å². The summed E-state index contributed by atoms with van der Waals surface area (Å²) in [6, 6.07) is 12.5. The third kappa shape index (κ3) is 4.06. The fourth-order valence-corrected chi connectivity index (χ4v) is 3.51. The molecule has 0 saturated carbocycles. The van der Waals surface area contributed by atoms with Crippen molar-refractivity contribution in [3.63, 3.8) is 0 Å². The van der Waals surface area contributed by atoms with Crippen LogP contribution in [0.15, 0.2) is 48.7 Å². The molecule has 9 nitrogen and oxygen atoms in total.